The normalized spacial score (nSPS) is 12.6. The second-order valence-electron chi connectivity index (χ2n) is 14.5. The van der Waals surface area contributed by atoms with Gasteiger partial charge in [0, 0.05) is 31.2 Å². The smallest absolute Gasteiger partial charge is 0.00274 e. The third-order valence-corrected chi connectivity index (χ3v) is 16.2. The van der Waals surface area contributed by atoms with Crippen LogP contribution in [0.2, 0.25) is 0 Å². The van der Waals surface area contributed by atoms with Gasteiger partial charge in [-0.2, -0.15) is 0 Å². The predicted molar refractivity (Wildman–Crippen MR) is 241 cm³/mol. The highest BCUT2D eigenvalue weighted by molar-refractivity contribution is 7.60. The Kier molecular flexibility index (Phi) is 7.22. The van der Waals surface area contributed by atoms with Crippen LogP contribution in [0, 0.1) is 0 Å². The first-order chi connectivity index (χ1) is 26.7. The molecule has 0 N–H and O–H groups in total. The van der Waals surface area contributed by atoms with E-state index >= 15 is 0 Å². The molecule has 2 heteroatoms. The van der Waals surface area contributed by atoms with E-state index in [1.165, 1.54) is 108 Å². The molecule has 9 aromatic carbocycles. The van der Waals surface area contributed by atoms with Crippen molar-refractivity contribution in [2.24, 2.45) is 13.3 Å². The molecule has 11 aromatic rings. The largest absolute Gasteiger partial charge is 0.112 e. The summed E-state index contributed by atoms with van der Waals surface area (Å²) in [5.41, 5.74) is 10.2. The molecule has 54 heavy (non-hydrogen) atoms. The van der Waals surface area contributed by atoms with Crippen molar-refractivity contribution in [1.29, 1.82) is 0 Å². The highest BCUT2D eigenvalue weighted by Crippen LogP contribution is 2.53. The summed E-state index contributed by atoms with van der Waals surface area (Å²) in [5.74, 6) is 0. The molecule has 0 amide bonds. The Bertz CT molecular complexity index is 3090. The number of hydrogen-bond donors (Lipinski definition) is 0. The molecule has 2 heterocycles. The van der Waals surface area contributed by atoms with Crippen LogP contribution in [0.25, 0.3) is 108 Å². The van der Waals surface area contributed by atoms with Gasteiger partial charge in [-0.05, 0) is 96.2 Å². The topological polar surface area (TPSA) is 0 Å². The Morgan fingerprint density at radius 1 is 0.278 bits per heavy atom. The van der Waals surface area contributed by atoms with Gasteiger partial charge in [0.15, 0.2) is 0 Å². The van der Waals surface area contributed by atoms with Gasteiger partial charge < -0.3 is 0 Å². The van der Waals surface area contributed by atoms with Crippen LogP contribution in [0.15, 0.2) is 182 Å². The van der Waals surface area contributed by atoms with Gasteiger partial charge in [0.25, 0.3) is 0 Å². The van der Waals surface area contributed by atoms with E-state index < -0.39 is 15.1 Å². The minimum Gasteiger partial charge on any atom is -0.112 e. The number of aryl methyl sites for hydroxylation is 2. The molecule has 0 saturated heterocycles. The van der Waals surface area contributed by atoms with Gasteiger partial charge in [-0.3, -0.25) is 0 Å². The summed E-state index contributed by atoms with van der Waals surface area (Å²) in [6.45, 7) is 4.84. The summed E-state index contributed by atoms with van der Waals surface area (Å²) < 4.78 is 0. The molecule has 0 aliphatic rings. The summed E-state index contributed by atoms with van der Waals surface area (Å²) in [5, 5.41) is 16.7. The molecule has 2 aromatic heterocycles. The maximum absolute atomic E-state index is 2.52. The zero-order chi connectivity index (χ0) is 35.9. The quantitative estimate of drug-likeness (QED) is 0.159. The van der Waals surface area contributed by atoms with Gasteiger partial charge in [0.05, 0.1) is 0 Å². The molecular weight excluding hydrogens is 687 g/mol. The molecule has 0 aliphatic carbocycles. The van der Waals surface area contributed by atoms with E-state index in [2.05, 4.69) is 195 Å². The van der Waals surface area contributed by atoms with E-state index in [-0.39, 0.29) is 0 Å². The molecule has 0 saturated carbocycles. The molecule has 2 unspecified atom stereocenters. The molecule has 0 nitrogen and oxygen atoms in total. The van der Waals surface area contributed by atoms with Crippen molar-refractivity contribution in [3.05, 3.63) is 182 Å². The average Bonchev–Trinajstić information content (AvgIpc) is 3.70. The Morgan fingerprint density at radius 2 is 0.667 bits per heavy atom. The van der Waals surface area contributed by atoms with Gasteiger partial charge in [-0.1, -0.05) is 176 Å². The van der Waals surface area contributed by atoms with Crippen molar-refractivity contribution < 1.29 is 0 Å². The van der Waals surface area contributed by atoms with Gasteiger partial charge in [0.2, 0.25) is 0 Å². The van der Waals surface area contributed by atoms with E-state index in [0.717, 1.165) is 0 Å². The predicted octanol–water partition coefficient (Wildman–Crippen LogP) is 16.3. The molecular formula is C52H36P2. The summed E-state index contributed by atoms with van der Waals surface area (Å²) >= 11 is 0. The highest BCUT2D eigenvalue weighted by Gasteiger charge is 2.20. The first-order valence-corrected chi connectivity index (χ1v) is 22.3. The fourth-order valence-corrected chi connectivity index (χ4v) is 13.3. The number of hydrogen-bond acceptors (Lipinski definition) is 0. The second kappa shape index (κ2) is 12.3. The third-order valence-electron chi connectivity index (χ3n) is 11.8. The molecule has 2 atom stereocenters. The number of rotatable bonds is 4. The van der Waals surface area contributed by atoms with Crippen LogP contribution in [0.5, 0.6) is 0 Å². The number of benzene rings is 9. The molecule has 0 bridgehead atoms. The maximum atomic E-state index is 2.52. The van der Waals surface area contributed by atoms with Crippen molar-refractivity contribution >= 4 is 78.6 Å². The second-order valence-corrected chi connectivity index (χ2v) is 18.7. The molecule has 11 rings (SSSR count). The fraction of sp³-hybridized carbons (Fsp3) is 0.0385. The monoisotopic (exact) mass is 722 g/mol. The lowest BCUT2D eigenvalue weighted by Gasteiger charge is -2.18. The van der Waals surface area contributed by atoms with Gasteiger partial charge in [-0.25, -0.2) is 0 Å². The minimum absolute atomic E-state index is 0.401. The summed E-state index contributed by atoms with van der Waals surface area (Å²) in [4.78, 5) is 0. The maximum Gasteiger partial charge on any atom is 0.00274 e. The third kappa shape index (κ3) is 4.64. The van der Waals surface area contributed by atoms with E-state index in [1.807, 2.05) is 0 Å². The van der Waals surface area contributed by atoms with Crippen LogP contribution in [0.1, 0.15) is 0 Å². The fourth-order valence-electron chi connectivity index (χ4n) is 9.28. The van der Waals surface area contributed by atoms with E-state index in [0.29, 0.717) is 0 Å². The van der Waals surface area contributed by atoms with Crippen molar-refractivity contribution in [2.75, 3.05) is 0 Å². The van der Waals surface area contributed by atoms with Gasteiger partial charge in [0.1, 0.15) is 0 Å². The molecule has 0 spiro atoms. The lowest BCUT2D eigenvalue weighted by atomic mass is 9.85. The lowest BCUT2D eigenvalue weighted by molar-refractivity contribution is 1.61. The van der Waals surface area contributed by atoms with E-state index in [9.17, 15) is 0 Å². The van der Waals surface area contributed by atoms with Crippen molar-refractivity contribution in [3.8, 4) is 44.5 Å². The standard InChI is InChI=1S/C52H36P2/c1-53-46-24-8-6-16-42(46)51-38(22-12-26-48(51)53)36-18-10-20-40-44(36)32-45-37(39-23-13-27-49-52(39)43-17-7-9-25-47(43)54(49)2)19-11-21-41(45)50(40)35-30-28-34(29-31-35)33-14-4-3-5-15-33/h3-32H,1-2H3. The molecule has 0 fully saturated rings. The van der Waals surface area contributed by atoms with Crippen LogP contribution in [-0.2, 0) is 13.3 Å². The van der Waals surface area contributed by atoms with E-state index in [1.54, 1.807) is 0 Å². The van der Waals surface area contributed by atoms with Gasteiger partial charge >= 0.3 is 0 Å². The zero-order valence-corrected chi connectivity index (χ0v) is 32.0. The number of fused-ring (bicyclic) bond motifs is 8. The van der Waals surface area contributed by atoms with E-state index in [4.69, 9.17) is 0 Å². The van der Waals surface area contributed by atoms with Crippen molar-refractivity contribution in [1.82, 2.24) is 0 Å². The van der Waals surface area contributed by atoms with Crippen LogP contribution >= 0.6 is 15.1 Å². The first-order valence-electron chi connectivity index (χ1n) is 18.7. The SMILES string of the molecule is Cp1c2ccccc2c2c(-c3cccc4c(-c5ccc(-c6ccccc6)cc5)c5cccc(-c6cccc7c6c6ccccc6p7C)c5cc34)cccc21. The molecule has 0 aliphatic heterocycles. The van der Waals surface area contributed by atoms with Crippen molar-refractivity contribution in [2.45, 2.75) is 0 Å². The van der Waals surface area contributed by atoms with Crippen molar-refractivity contribution in [3.63, 3.8) is 0 Å². The summed E-state index contributed by atoms with van der Waals surface area (Å²) in [6.07, 6.45) is 0. The first kappa shape index (κ1) is 31.6. The lowest BCUT2D eigenvalue weighted by Crippen LogP contribution is -1.91. The average molecular weight is 723 g/mol. The van der Waals surface area contributed by atoms with Crippen LogP contribution < -0.4 is 0 Å². The Labute approximate surface area is 317 Å². The van der Waals surface area contributed by atoms with Gasteiger partial charge in [-0.15, -0.1) is 15.1 Å². The zero-order valence-electron chi connectivity index (χ0n) is 30.2. The minimum atomic E-state index is -0.401. The van der Waals surface area contributed by atoms with Crippen LogP contribution in [0.4, 0.5) is 0 Å². The van der Waals surface area contributed by atoms with Crippen LogP contribution in [0.3, 0.4) is 0 Å². The van der Waals surface area contributed by atoms with Crippen LogP contribution in [-0.4, -0.2) is 0 Å². The summed E-state index contributed by atoms with van der Waals surface area (Å²) in [7, 11) is -0.803. The summed E-state index contributed by atoms with van der Waals surface area (Å²) in [6, 6.07) is 68.5. The Balaban J connectivity index is 1.26. The Hall–Kier alpha value is -5.90. The Morgan fingerprint density at radius 3 is 1.20 bits per heavy atom. The molecule has 254 valence electrons. The highest BCUT2D eigenvalue weighted by atomic mass is 31.1. The molecule has 0 radical (unpaired) electrons.